The van der Waals surface area contributed by atoms with Gasteiger partial charge in [-0.1, -0.05) is 32.0 Å². The number of carbonyl (C=O) groups is 1. The highest BCUT2D eigenvalue weighted by Crippen LogP contribution is 2.13. The van der Waals surface area contributed by atoms with Gasteiger partial charge in [0.15, 0.2) is 0 Å². The van der Waals surface area contributed by atoms with Gasteiger partial charge in [-0.3, -0.25) is 4.79 Å². The Hall–Kier alpha value is -2.20. The second-order valence-electron chi connectivity index (χ2n) is 5.98. The summed E-state index contributed by atoms with van der Waals surface area (Å²) >= 11 is 0. The maximum atomic E-state index is 12.0. The maximum Gasteiger partial charge on any atom is 0.251 e. The third-order valence-corrected chi connectivity index (χ3v) is 3.35. The van der Waals surface area contributed by atoms with Crippen molar-refractivity contribution in [1.29, 1.82) is 0 Å². The summed E-state index contributed by atoms with van der Waals surface area (Å²) in [6.45, 7) is 5.55. The topological polar surface area (TPSA) is 64.3 Å². The number of halogens is 1. The molecule has 130 valence electrons. The van der Waals surface area contributed by atoms with E-state index in [1.807, 2.05) is 24.3 Å². The molecule has 4 nitrogen and oxygen atoms in total. The van der Waals surface area contributed by atoms with Crippen molar-refractivity contribution in [3.8, 4) is 5.75 Å². The quantitative estimate of drug-likeness (QED) is 0.750. The van der Waals surface area contributed by atoms with Crippen LogP contribution in [0.3, 0.4) is 0 Å². The summed E-state index contributed by atoms with van der Waals surface area (Å²) in [6, 6.07) is 15.0. The molecule has 0 heterocycles. The first-order valence-corrected chi connectivity index (χ1v) is 7.90. The van der Waals surface area contributed by atoms with E-state index in [0.29, 0.717) is 23.7 Å². The number of nitrogens with two attached hydrogens (primary N) is 1. The zero-order chi connectivity index (χ0) is 16.7. The number of carbonyl (C=O) groups excluding carboxylic acids is 1. The van der Waals surface area contributed by atoms with Crippen LogP contribution in [-0.2, 0) is 6.42 Å². The van der Waals surface area contributed by atoms with Crippen molar-refractivity contribution in [3.63, 3.8) is 0 Å². The SMILES string of the molecule is CC(C)COc1ccc(CCNC(=O)c2cccc(N)c2)cc1.Cl. The standard InChI is InChI=1S/C19H24N2O2.ClH/c1-14(2)13-23-18-8-6-15(7-9-18)10-11-21-19(22)16-4-3-5-17(20)12-16;/h3-9,12,14H,10-11,13,20H2,1-2H3,(H,21,22);1H. The van der Waals surface area contributed by atoms with E-state index in [0.717, 1.165) is 24.3 Å². The predicted molar refractivity (Wildman–Crippen MR) is 101 cm³/mol. The van der Waals surface area contributed by atoms with Gasteiger partial charge in [-0.15, -0.1) is 12.4 Å². The Morgan fingerprint density at radius 2 is 1.88 bits per heavy atom. The minimum atomic E-state index is -0.103. The Balaban J connectivity index is 0.00000288. The zero-order valence-corrected chi connectivity index (χ0v) is 14.9. The van der Waals surface area contributed by atoms with Gasteiger partial charge in [-0.05, 0) is 48.2 Å². The molecule has 2 aromatic carbocycles. The summed E-state index contributed by atoms with van der Waals surface area (Å²) in [5.41, 5.74) is 8.02. The van der Waals surface area contributed by atoms with Crippen LogP contribution in [0, 0.1) is 5.92 Å². The van der Waals surface area contributed by atoms with Crippen molar-refractivity contribution >= 4 is 24.0 Å². The van der Waals surface area contributed by atoms with E-state index in [4.69, 9.17) is 10.5 Å². The van der Waals surface area contributed by atoms with Crippen molar-refractivity contribution in [2.45, 2.75) is 20.3 Å². The summed E-state index contributed by atoms with van der Waals surface area (Å²) < 4.78 is 5.65. The number of nitrogens with one attached hydrogen (secondary N) is 1. The van der Waals surface area contributed by atoms with Crippen LogP contribution in [0.5, 0.6) is 5.75 Å². The van der Waals surface area contributed by atoms with E-state index in [1.165, 1.54) is 0 Å². The Morgan fingerprint density at radius 1 is 1.17 bits per heavy atom. The Bertz CT molecular complexity index is 642. The van der Waals surface area contributed by atoms with Gasteiger partial charge in [0, 0.05) is 17.8 Å². The third-order valence-electron chi connectivity index (χ3n) is 3.35. The van der Waals surface area contributed by atoms with E-state index in [9.17, 15) is 4.79 Å². The summed E-state index contributed by atoms with van der Waals surface area (Å²) in [5, 5.41) is 2.90. The number of anilines is 1. The number of hydrogen-bond donors (Lipinski definition) is 2. The number of amides is 1. The van der Waals surface area contributed by atoms with Gasteiger partial charge in [-0.2, -0.15) is 0 Å². The van der Waals surface area contributed by atoms with E-state index in [-0.39, 0.29) is 18.3 Å². The third kappa shape index (κ3) is 6.50. The van der Waals surface area contributed by atoms with Crippen molar-refractivity contribution in [1.82, 2.24) is 5.32 Å². The second kappa shape index (κ2) is 9.83. The smallest absolute Gasteiger partial charge is 0.251 e. The van der Waals surface area contributed by atoms with Crippen LogP contribution >= 0.6 is 12.4 Å². The second-order valence-corrected chi connectivity index (χ2v) is 5.98. The molecule has 3 N–H and O–H groups in total. The molecule has 0 spiro atoms. The molecule has 0 aliphatic heterocycles. The first-order chi connectivity index (χ1) is 11.0. The lowest BCUT2D eigenvalue weighted by atomic mass is 10.1. The highest BCUT2D eigenvalue weighted by atomic mass is 35.5. The van der Waals surface area contributed by atoms with E-state index in [2.05, 4.69) is 19.2 Å². The van der Waals surface area contributed by atoms with Crippen LogP contribution in [0.25, 0.3) is 0 Å². The largest absolute Gasteiger partial charge is 0.493 e. The minimum Gasteiger partial charge on any atom is -0.493 e. The first-order valence-electron chi connectivity index (χ1n) is 7.90. The average molecular weight is 349 g/mol. The predicted octanol–water partition coefficient (Wildman–Crippen LogP) is 3.70. The van der Waals surface area contributed by atoms with Crippen molar-refractivity contribution in [3.05, 3.63) is 59.7 Å². The first kappa shape index (κ1) is 19.8. The monoisotopic (exact) mass is 348 g/mol. The lowest BCUT2D eigenvalue weighted by Crippen LogP contribution is -2.25. The number of hydrogen-bond acceptors (Lipinski definition) is 3. The molecular weight excluding hydrogens is 324 g/mol. The average Bonchev–Trinajstić information content (AvgIpc) is 2.54. The minimum absolute atomic E-state index is 0. The van der Waals surface area contributed by atoms with Gasteiger partial charge >= 0.3 is 0 Å². The van der Waals surface area contributed by atoms with Gasteiger partial charge in [-0.25, -0.2) is 0 Å². The zero-order valence-electron chi connectivity index (χ0n) is 14.1. The fraction of sp³-hybridized carbons (Fsp3) is 0.316. The van der Waals surface area contributed by atoms with Gasteiger partial charge < -0.3 is 15.8 Å². The molecular formula is C19H25ClN2O2. The molecule has 2 rings (SSSR count). The van der Waals surface area contributed by atoms with Crippen LogP contribution < -0.4 is 15.8 Å². The molecule has 0 aromatic heterocycles. The summed E-state index contributed by atoms with van der Waals surface area (Å²) in [7, 11) is 0. The molecule has 2 aromatic rings. The molecule has 0 fully saturated rings. The number of nitrogen functional groups attached to an aromatic ring is 1. The Kier molecular flexibility index (Phi) is 8.13. The molecule has 1 amide bonds. The molecule has 0 atom stereocenters. The van der Waals surface area contributed by atoms with Crippen molar-refractivity contribution in [2.24, 2.45) is 5.92 Å². The normalized spacial score (nSPS) is 10.1. The molecule has 0 saturated heterocycles. The van der Waals surface area contributed by atoms with Crippen molar-refractivity contribution < 1.29 is 9.53 Å². The van der Waals surface area contributed by atoms with Crippen LogP contribution in [0.1, 0.15) is 29.8 Å². The molecule has 0 radical (unpaired) electrons. The van der Waals surface area contributed by atoms with Gasteiger partial charge in [0.25, 0.3) is 5.91 Å². The highest BCUT2D eigenvalue weighted by Gasteiger charge is 2.05. The highest BCUT2D eigenvalue weighted by molar-refractivity contribution is 5.94. The summed E-state index contributed by atoms with van der Waals surface area (Å²) in [5.74, 6) is 1.29. The fourth-order valence-corrected chi connectivity index (χ4v) is 2.12. The van der Waals surface area contributed by atoms with E-state index < -0.39 is 0 Å². The molecule has 5 heteroatoms. The lowest BCUT2D eigenvalue weighted by Gasteiger charge is -2.09. The molecule has 0 aliphatic rings. The number of ether oxygens (including phenoxy) is 1. The van der Waals surface area contributed by atoms with Crippen LogP contribution in [0.15, 0.2) is 48.5 Å². The maximum absolute atomic E-state index is 12.0. The fourth-order valence-electron chi connectivity index (χ4n) is 2.12. The van der Waals surface area contributed by atoms with Crippen LogP contribution in [0.2, 0.25) is 0 Å². The Labute approximate surface area is 149 Å². The number of benzene rings is 2. The molecule has 0 aliphatic carbocycles. The summed E-state index contributed by atoms with van der Waals surface area (Å²) in [4.78, 5) is 12.0. The molecule has 0 bridgehead atoms. The van der Waals surface area contributed by atoms with Crippen molar-refractivity contribution in [2.75, 3.05) is 18.9 Å². The molecule has 0 unspecified atom stereocenters. The van der Waals surface area contributed by atoms with Crippen LogP contribution in [-0.4, -0.2) is 19.1 Å². The number of rotatable bonds is 7. The summed E-state index contributed by atoms with van der Waals surface area (Å²) in [6.07, 6.45) is 0.776. The van der Waals surface area contributed by atoms with Gasteiger partial charge in [0.2, 0.25) is 0 Å². The van der Waals surface area contributed by atoms with Gasteiger partial charge in [0.05, 0.1) is 6.61 Å². The lowest BCUT2D eigenvalue weighted by molar-refractivity contribution is 0.0954. The van der Waals surface area contributed by atoms with Crippen LogP contribution in [0.4, 0.5) is 5.69 Å². The van der Waals surface area contributed by atoms with E-state index >= 15 is 0 Å². The Morgan fingerprint density at radius 3 is 2.50 bits per heavy atom. The molecule has 0 saturated carbocycles. The van der Waals surface area contributed by atoms with Gasteiger partial charge in [0.1, 0.15) is 5.75 Å². The van der Waals surface area contributed by atoms with E-state index in [1.54, 1.807) is 24.3 Å². The molecule has 24 heavy (non-hydrogen) atoms.